The molecule has 2 aromatic rings. The maximum Gasteiger partial charge on any atom is 0.241 e. The van der Waals surface area contributed by atoms with E-state index in [2.05, 4.69) is 29.2 Å². The van der Waals surface area contributed by atoms with E-state index in [4.69, 9.17) is 10.6 Å². The summed E-state index contributed by atoms with van der Waals surface area (Å²) in [5.74, 6) is 6.78. The summed E-state index contributed by atoms with van der Waals surface area (Å²) < 4.78 is 5.70. The molecule has 5 nitrogen and oxygen atoms in total. The van der Waals surface area contributed by atoms with Crippen LogP contribution in [0.15, 0.2) is 6.07 Å². The number of aromatic nitrogens is 2. The Hall–Kier alpha value is -1.40. The Morgan fingerprint density at radius 3 is 2.88 bits per heavy atom. The first-order chi connectivity index (χ1) is 8.10. The molecule has 0 aromatic carbocycles. The Labute approximate surface area is 104 Å². The van der Waals surface area contributed by atoms with Gasteiger partial charge in [0.1, 0.15) is 4.83 Å². The van der Waals surface area contributed by atoms with E-state index < -0.39 is 0 Å². The Bertz CT molecular complexity index is 523. The van der Waals surface area contributed by atoms with Gasteiger partial charge in [-0.1, -0.05) is 13.8 Å². The standard InChI is InChI=1S/C11H16N4OS/c1-6(2)5-16-9-8-4-7(3)17-10(8)14-11(13-9)15-12/h4,6H,5,12H2,1-3H3,(H,13,14,15). The number of aryl methyl sites for hydroxylation is 1. The molecule has 0 aliphatic rings. The second-order valence-corrected chi connectivity index (χ2v) is 5.51. The van der Waals surface area contributed by atoms with Crippen molar-refractivity contribution in [2.75, 3.05) is 12.0 Å². The predicted molar refractivity (Wildman–Crippen MR) is 70.3 cm³/mol. The molecular formula is C11H16N4OS. The predicted octanol–water partition coefficient (Wildman–Crippen LogP) is 2.32. The van der Waals surface area contributed by atoms with E-state index in [-0.39, 0.29) is 0 Å². The van der Waals surface area contributed by atoms with Gasteiger partial charge in [0.2, 0.25) is 11.8 Å². The third-order valence-corrected chi connectivity index (χ3v) is 3.11. The van der Waals surface area contributed by atoms with Crippen molar-refractivity contribution < 1.29 is 4.74 Å². The minimum absolute atomic E-state index is 0.387. The molecular weight excluding hydrogens is 236 g/mol. The number of ether oxygens (including phenoxy) is 1. The van der Waals surface area contributed by atoms with Crippen LogP contribution in [0.1, 0.15) is 18.7 Å². The molecule has 2 heterocycles. The number of rotatable bonds is 4. The maximum absolute atomic E-state index is 5.70. The van der Waals surface area contributed by atoms with Gasteiger partial charge in [-0.25, -0.2) is 10.8 Å². The highest BCUT2D eigenvalue weighted by molar-refractivity contribution is 7.18. The number of nitrogens with zero attached hydrogens (tertiary/aromatic N) is 2. The third-order valence-electron chi connectivity index (χ3n) is 2.16. The van der Waals surface area contributed by atoms with Crippen molar-refractivity contribution in [1.29, 1.82) is 0 Å². The van der Waals surface area contributed by atoms with E-state index in [1.54, 1.807) is 11.3 Å². The van der Waals surface area contributed by atoms with Gasteiger partial charge < -0.3 is 4.74 Å². The number of nitrogen functional groups attached to an aromatic ring is 1. The summed E-state index contributed by atoms with van der Waals surface area (Å²) in [5, 5.41) is 0.951. The van der Waals surface area contributed by atoms with Crippen LogP contribution in [-0.2, 0) is 0 Å². The average Bonchev–Trinajstić information content (AvgIpc) is 2.65. The van der Waals surface area contributed by atoms with Crippen LogP contribution in [0.4, 0.5) is 5.95 Å². The molecule has 92 valence electrons. The van der Waals surface area contributed by atoms with Gasteiger partial charge in [0.25, 0.3) is 0 Å². The minimum atomic E-state index is 0.387. The zero-order valence-corrected chi connectivity index (χ0v) is 11.0. The first-order valence-electron chi connectivity index (χ1n) is 5.47. The normalized spacial score (nSPS) is 11.1. The van der Waals surface area contributed by atoms with Crippen molar-refractivity contribution in [3.05, 3.63) is 10.9 Å². The molecule has 0 radical (unpaired) electrons. The van der Waals surface area contributed by atoms with E-state index in [1.165, 1.54) is 4.88 Å². The van der Waals surface area contributed by atoms with E-state index in [0.717, 1.165) is 10.2 Å². The molecule has 0 amide bonds. The Morgan fingerprint density at radius 2 is 2.24 bits per heavy atom. The Kier molecular flexibility index (Phi) is 3.44. The number of hydrazine groups is 1. The van der Waals surface area contributed by atoms with Crippen LogP contribution in [0.5, 0.6) is 5.88 Å². The quantitative estimate of drug-likeness (QED) is 0.645. The van der Waals surface area contributed by atoms with Crippen LogP contribution in [0.2, 0.25) is 0 Å². The van der Waals surface area contributed by atoms with Crippen molar-refractivity contribution in [3.8, 4) is 5.88 Å². The summed E-state index contributed by atoms with van der Waals surface area (Å²) in [6, 6.07) is 2.04. The van der Waals surface area contributed by atoms with Gasteiger partial charge in [-0.2, -0.15) is 4.98 Å². The van der Waals surface area contributed by atoms with Crippen molar-refractivity contribution >= 4 is 27.5 Å². The smallest absolute Gasteiger partial charge is 0.241 e. The van der Waals surface area contributed by atoms with E-state index in [1.807, 2.05) is 13.0 Å². The first kappa shape index (κ1) is 12.1. The monoisotopic (exact) mass is 252 g/mol. The lowest BCUT2D eigenvalue weighted by atomic mass is 10.2. The molecule has 0 aliphatic carbocycles. The van der Waals surface area contributed by atoms with Crippen LogP contribution >= 0.6 is 11.3 Å². The molecule has 0 spiro atoms. The fraction of sp³-hybridized carbons (Fsp3) is 0.455. The summed E-state index contributed by atoms with van der Waals surface area (Å²) >= 11 is 1.60. The fourth-order valence-electron chi connectivity index (χ4n) is 1.44. The van der Waals surface area contributed by atoms with Gasteiger partial charge in [0.15, 0.2) is 0 Å². The number of nitrogens with two attached hydrogens (primary N) is 1. The number of hydrogen-bond donors (Lipinski definition) is 2. The van der Waals surface area contributed by atoms with Crippen LogP contribution in [-0.4, -0.2) is 16.6 Å². The molecule has 0 bridgehead atoms. The highest BCUT2D eigenvalue weighted by Gasteiger charge is 2.11. The van der Waals surface area contributed by atoms with E-state index in [9.17, 15) is 0 Å². The van der Waals surface area contributed by atoms with Gasteiger partial charge in [0.05, 0.1) is 12.0 Å². The van der Waals surface area contributed by atoms with Crippen molar-refractivity contribution in [1.82, 2.24) is 9.97 Å². The zero-order valence-electron chi connectivity index (χ0n) is 10.2. The number of thiophene rings is 1. The van der Waals surface area contributed by atoms with Gasteiger partial charge in [-0.15, -0.1) is 11.3 Å². The van der Waals surface area contributed by atoms with Gasteiger partial charge in [0, 0.05) is 4.88 Å². The van der Waals surface area contributed by atoms with Gasteiger partial charge >= 0.3 is 0 Å². The number of hydrogen-bond acceptors (Lipinski definition) is 6. The summed E-state index contributed by atoms with van der Waals surface area (Å²) in [4.78, 5) is 10.6. The molecule has 3 N–H and O–H groups in total. The zero-order chi connectivity index (χ0) is 12.4. The lowest BCUT2D eigenvalue weighted by molar-refractivity contribution is 0.265. The van der Waals surface area contributed by atoms with Crippen LogP contribution in [0.3, 0.4) is 0 Å². The molecule has 2 rings (SSSR count). The molecule has 2 aromatic heterocycles. The SMILES string of the molecule is Cc1cc2c(OCC(C)C)nc(NN)nc2s1. The highest BCUT2D eigenvalue weighted by Crippen LogP contribution is 2.30. The van der Waals surface area contributed by atoms with Crippen molar-refractivity contribution in [2.45, 2.75) is 20.8 Å². The molecule has 0 fully saturated rings. The summed E-state index contributed by atoms with van der Waals surface area (Å²) in [6.07, 6.45) is 0. The van der Waals surface area contributed by atoms with Crippen molar-refractivity contribution in [3.63, 3.8) is 0 Å². The summed E-state index contributed by atoms with van der Waals surface area (Å²) in [7, 11) is 0. The van der Waals surface area contributed by atoms with E-state index in [0.29, 0.717) is 24.4 Å². The number of fused-ring (bicyclic) bond motifs is 1. The molecule has 17 heavy (non-hydrogen) atoms. The van der Waals surface area contributed by atoms with Crippen LogP contribution in [0.25, 0.3) is 10.2 Å². The van der Waals surface area contributed by atoms with Crippen LogP contribution in [0, 0.1) is 12.8 Å². The Morgan fingerprint density at radius 1 is 1.47 bits per heavy atom. The summed E-state index contributed by atoms with van der Waals surface area (Å²) in [6.45, 7) is 6.86. The maximum atomic E-state index is 5.70. The molecule has 6 heteroatoms. The number of nitrogens with one attached hydrogen (secondary N) is 1. The third kappa shape index (κ3) is 2.65. The fourth-order valence-corrected chi connectivity index (χ4v) is 2.31. The number of anilines is 1. The Balaban J connectivity index is 2.43. The average molecular weight is 252 g/mol. The van der Waals surface area contributed by atoms with Gasteiger partial charge in [-0.3, -0.25) is 5.43 Å². The molecule has 0 aliphatic heterocycles. The molecule has 0 saturated carbocycles. The lowest BCUT2D eigenvalue weighted by Crippen LogP contribution is -2.12. The van der Waals surface area contributed by atoms with Crippen LogP contribution < -0.4 is 16.0 Å². The molecule has 0 saturated heterocycles. The highest BCUT2D eigenvalue weighted by atomic mass is 32.1. The first-order valence-corrected chi connectivity index (χ1v) is 6.29. The second kappa shape index (κ2) is 4.85. The topological polar surface area (TPSA) is 73.1 Å². The molecule has 0 unspecified atom stereocenters. The summed E-state index contributed by atoms with van der Waals surface area (Å²) in [5.41, 5.74) is 2.46. The minimum Gasteiger partial charge on any atom is -0.477 e. The van der Waals surface area contributed by atoms with Gasteiger partial charge in [-0.05, 0) is 18.9 Å². The second-order valence-electron chi connectivity index (χ2n) is 4.28. The van der Waals surface area contributed by atoms with Crippen molar-refractivity contribution in [2.24, 2.45) is 11.8 Å². The van der Waals surface area contributed by atoms with E-state index >= 15 is 0 Å². The molecule has 0 atom stereocenters. The lowest BCUT2D eigenvalue weighted by Gasteiger charge is -2.09. The largest absolute Gasteiger partial charge is 0.477 e.